The lowest BCUT2D eigenvalue weighted by molar-refractivity contribution is -0.159. The molecule has 0 heterocycles. The molecule has 6 heteroatoms. The lowest BCUT2D eigenvalue weighted by Crippen LogP contribution is -2.24. The molecule has 1 atom stereocenters. The average molecular weight is 251 g/mol. The van der Waals surface area contributed by atoms with Crippen LogP contribution in [0.4, 0.5) is 8.78 Å². The molecule has 1 unspecified atom stereocenters. The van der Waals surface area contributed by atoms with Gasteiger partial charge in [-0.25, -0.2) is 9.18 Å². The van der Waals surface area contributed by atoms with Crippen LogP contribution in [0, 0.1) is 5.82 Å². The van der Waals surface area contributed by atoms with E-state index in [0.717, 1.165) is 6.07 Å². The van der Waals surface area contributed by atoms with Crippen LogP contribution in [0.25, 0.3) is 0 Å². The van der Waals surface area contributed by atoms with Gasteiger partial charge in [-0.15, -0.1) is 0 Å². The second-order valence-corrected chi connectivity index (χ2v) is 3.17. The lowest BCUT2D eigenvalue weighted by atomic mass is 10.3. The van der Waals surface area contributed by atoms with E-state index in [1.54, 1.807) is 0 Å². The molecule has 88 valence electrons. The van der Waals surface area contributed by atoms with Gasteiger partial charge in [0.25, 0.3) is 0 Å². The first kappa shape index (κ1) is 12.7. The van der Waals surface area contributed by atoms with E-state index in [1.165, 1.54) is 19.1 Å². The van der Waals surface area contributed by atoms with Crippen LogP contribution >= 0.6 is 11.6 Å². The van der Waals surface area contributed by atoms with Crippen molar-refractivity contribution in [1.29, 1.82) is 0 Å². The van der Waals surface area contributed by atoms with Crippen molar-refractivity contribution in [2.45, 2.75) is 13.3 Å². The van der Waals surface area contributed by atoms with E-state index < -0.39 is 18.1 Å². The second-order valence-electron chi connectivity index (χ2n) is 2.76. The SMILES string of the molecule is CCOC(=O)C(F)Oc1ccc(Cl)c(F)c1. The van der Waals surface area contributed by atoms with Crippen LogP contribution in [0.3, 0.4) is 0 Å². The largest absolute Gasteiger partial charge is 0.461 e. The van der Waals surface area contributed by atoms with Crippen molar-refractivity contribution in [2.75, 3.05) is 6.61 Å². The van der Waals surface area contributed by atoms with Gasteiger partial charge < -0.3 is 9.47 Å². The molecular weight excluding hydrogens is 242 g/mol. The molecule has 0 aliphatic rings. The topological polar surface area (TPSA) is 35.5 Å². The third kappa shape index (κ3) is 3.34. The van der Waals surface area contributed by atoms with Crippen molar-refractivity contribution in [3.05, 3.63) is 29.0 Å². The summed E-state index contributed by atoms with van der Waals surface area (Å²) >= 11 is 5.41. The van der Waals surface area contributed by atoms with Crippen LogP contribution < -0.4 is 4.74 Å². The normalized spacial score (nSPS) is 12.0. The van der Waals surface area contributed by atoms with Gasteiger partial charge in [0, 0.05) is 6.07 Å². The van der Waals surface area contributed by atoms with Crippen molar-refractivity contribution >= 4 is 17.6 Å². The fraction of sp³-hybridized carbons (Fsp3) is 0.300. The molecule has 0 amide bonds. The number of benzene rings is 1. The molecule has 0 saturated heterocycles. The van der Waals surface area contributed by atoms with E-state index in [-0.39, 0.29) is 17.4 Å². The highest BCUT2D eigenvalue weighted by atomic mass is 35.5. The molecule has 0 aromatic heterocycles. The fourth-order valence-electron chi connectivity index (χ4n) is 0.926. The van der Waals surface area contributed by atoms with Crippen molar-refractivity contribution < 1.29 is 23.0 Å². The number of esters is 1. The third-order valence-corrected chi connectivity index (χ3v) is 1.91. The van der Waals surface area contributed by atoms with Crippen LogP contribution in [-0.2, 0) is 9.53 Å². The summed E-state index contributed by atoms with van der Waals surface area (Å²) in [6, 6.07) is 3.33. The summed E-state index contributed by atoms with van der Waals surface area (Å²) < 4.78 is 34.9. The Bertz CT molecular complexity index is 384. The molecule has 1 aromatic carbocycles. The standard InChI is InChI=1S/C10H9ClF2O3/c1-2-15-10(14)9(13)16-6-3-4-7(11)8(12)5-6/h3-5,9H,2H2,1H3. The van der Waals surface area contributed by atoms with Crippen LogP contribution in [0.5, 0.6) is 5.75 Å². The minimum Gasteiger partial charge on any atom is -0.461 e. The molecule has 0 N–H and O–H groups in total. The number of carbonyl (C=O) groups excluding carboxylic acids is 1. The van der Waals surface area contributed by atoms with E-state index in [9.17, 15) is 13.6 Å². The molecular formula is C10H9ClF2O3. The summed E-state index contributed by atoms with van der Waals surface area (Å²) in [7, 11) is 0. The molecule has 0 bridgehead atoms. The van der Waals surface area contributed by atoms with E-state index in [0.29, 0.717) is 0 Å². The number of hydrogen-bond acceptors (Lipinski definition) is 3. The number of rotatable bonds is 4. The summed E-state index contributed by atoms with van der Waals surface area (Å²) in [5.74, 6) is -2.05. The van der Waals surface area contributed by atoms with Crippen LogP contribution in [0.1, 0.15) is 6.92 Å². The Morgan fingerprint density at radius 2 is 2.25 bits per heavy atom. The quantitative estimate of drug-likeness (QED) is 0.771. The van der Waals surface area contributed by atoms with Crippen LogP contribution in [-0.4, -0.2) is 18.9 Å². The highest BCUT2D eigenvalue weighted by molar-refractivity contribution is 6.30. The summed E-state index contributed by atoms with van der Waals surface area (Å²) in [6.07, 6.45) is -2.28. The van der Waals surface area contributed by atoms with Gasteiger partial charge in [0.2, 0.25) is 0 Å². The zero-order chi connectivity index (χ0) is 12.1. The molecule has 0 aliphatic carbocycles. The Morgan fingerprint density at radius 1 is 1.56 bits per heavy atom. The lowest BCUT2D eigenvalue weighted by Gasteiger charge is -2.10. The molecule has 0 fully saturated rings. The summed E-state index contributed by atoms with van der Waals surface area (Å²) in [4.78, 5) is 10.9. The van der Waals surface area contributed by atoms with E-state index in [4.69, 9.17) is 11.6 Å². The minimum atomic E-state index is -2.28. The van der Waals surface area contributed by atoms with Crippen molar-refractivity contribution in [2.24, 2.45) is 0 Å². The summed E-state index contributed by atoms with van der Waals surface area (Å²) in [6.45, 7) is 1.57. The predicted octanol–water partition coefficient (Wildman–Crippen LogP) is 2.72. The van der Waals surface area contributed by atoms with E-state index >= 15 is 0 Å². The fourth-order valence-corrected chi connectivity index (χ4v) is 1.04. The van der Waals surface area contributed by atoms with E-state index in [2.05, 4.69) is 9.47 Å². The molecule has 1 rings (SSSR count). The Balaban J connectivity index is 2.66. The number of hydrogen-bond donors (Lipinski definition) is 0. The van der Waals surface area contributed by atoms with Gasteiger partial charge in [-0.05, 0) is 19.1 Å². The molecule has 0 spiro atoms. The van der Waals surface area contributed by atoms with Gasteiger partial charge in [-0.2, -0.15) is 4.39 Å². The summed E-state index contributed by atoms with van der Waals surface area (Å²) in [5.41, 5.74) is 0. The van der Waals surface area contributed by atoms with Gasteiger partial charge in [-0.3, -0.25) is 0 Å². The van der Waals surface area contributed by atoms with Gasteiger partial charge in [0.05, 0.1) is 11.6 Å². The average Bonchev–Trinajstić information content (AvgIpc) is 2.24. The molecule has 1 aromatic rings. The minimum absolute atomic E-state index is 0.0393. The Hall–Kier alpha value is -1.36. The molecule has 0 radical (unpaired) electrons. The zero-order valence-corrected chi connectivity index (χ0v) is 9.13. The smallest absolute Gasteiger partial charge is 0.381 e. The zero-order valence-electron chi connectivity index (χ0n) is 8.38. The van der Waals surface area contributed by atoms with Crippen LogP contribution in [0.2, 0.25) is 5.02 Å². The molecule has 0 saturated carbocycles. The Kier molecular flexibility index (Phi) is 4.49. The van der Waals surface area contributed by atoms with Crippen molar-refractivity contribution in [3.8, 4) is 5.75 Å². The molecule has 0 aliphatic heterocycles. The second kappa shape index (κ2) is 5.65. The van der Waals surface area contributed by atoms with Crippen molar-refractivity contribution in [3.63, 3.8) is 0 Å². The number of alkyl halides is 1. The first-order valence-corrected chi connectivity index (χ1v) is 4.84. The Labute approximate surface area is 95.9 Å². The van der Waals surface area contributed by atoms with Gasteiger partial charge in [0.15, 0.2) is 0 Å². The Morgan fingerprint density at radius 3 is 2.81 bits per heavy atom. The monoisotopic (exact) mass is 250 g/mol. The maximum absolute atomic E-state index is 13.0. The maximum atomic E-state index is 13.0. The highest BCUT2D eigenvalue weighted by Gasteiger charge is 2.20. The number of halogens is 3. The first-order valence-electron chi connectivity index (χ1n) is 4.47. The van der Waals surface area contributed by atoms with E-state index in [1.807, 2.05) is 0 Å². The number of ether oxygens (including phenoxy) is 2. The molecule has 3 nitrogen and oxygen atoms in total. The van der Waals surface area contributed by atoms with Gasteiger partial charge in [-0.1, -0.05) is 11.6 Å². The number of carbonyl (C=O) groups is 1. The predicted molar refractivity (Wildman–Crippen MR) is 53.6 cm³/mol. The summed E-state index contributed by atoms with van der Waals surface area (Å²) in [5, 5.41) is -0.112. The third-order valence-electron chi connectivity index (χ3n) is 1.60. The highest BCUT2D eigenvalue weighted by Crippen LogP contribution is 2.21. The van der Waals surface area contributed by atoms with Crippen molar-refractivity contribution in [1.82, 2.24) is 0 Å². The van der Waals surface area contributed by atoms with Crippen LogP contribution in [0.15, 0.2) is 18.2 Å². The maximum Gasteiger partial charge on any atom is 0.381 e. The first-order chi connectivity index (χ1) is 7.54. The van der Waals surface area contributed by atoms with Gasteiger partial charge in [0.1, 0.15) is 11.6 Å². The molecule has 16 heavy (non-hydrogen) atoms. The van der Waals surface area contributed by atoms with Gasteiger partial charge >= 0.3 is 12.3 Å².